The second kappa shape index (κ2) is 11.4. The van der Waals surface area contributed by atoms with Gasteiger partial charge in [-0.25, -0.2) is 0 Å². The van der Waals surface area contributed by atoms with Crippen molar-refractivity contribution in [2.24, 2.45) is 0 Å². The molecule has 3 N–H and O–H groups in total. The Morgan fingerprint density at radius 3 is 1.21 bits per heavy atom. The van der Waals surface area contributed by atoms with Crippen LogP contribution < -0.4 is 16.0 Å². The number of hydrogen-bond acceptors (Lipinski definition) is 7. The van der Waals surface area contributed by atoms with Crippen molar-refractivity contribution < 1.29 is 24.2 Å². The first kappa shape index (κ1) is 26.2. The van der Waals surface area contributed by atoms with Gasteiger partial charge in [0.25, 0.3) is 29.1 Å². The molecule has 4 aromatic carbocycles. The van der Waals surface area contributed by atoms with Gasteiger partial charge < -0.3 is 16.0 Å². The molecule has 4 rings (SSSR count). The third-order valence-corrected chi connectivity index (χ3v) is 5.50. The largest absolute Gasteiger partial charge is 0.322 e. The molecule has 0 radical (unpaired) electrons. The zero-order valence-electron chi connectivity index (χ0n) is 20.0. The first-order chi connectivity index (χ1) is 18.7. The molecule has 39 heavy (non-hydrogen) atoms. The van der Waals surface area contributed by atoms with Crippen molar-refractivity contribution in [1.29, 1.82) is 0 Å². The van der Waals surface area contributed by atoms with Crippen molar-refractivity contribution in [2.75, 3.05) is 16.0 Å². The van der Waals surface area contributed by atoms with E-state index in [0.29, 0.717) is 17.1 Å². The number of nitro benzene ring substituents is 2. The van der Waals surface area contributed by atoms with E-state index in [4.69, 9.17) is 0 Å². The normalized spacial score (nSPS) is 10.3. The van der Waals surface area contributed by atoms with Crippen LogP contribution in [0.25, 0.3) is 0 Å². The van der Waals surface area contributed by atoms with Gasteiger partial charge in [-0.1, -0.05) is 24.3 Å². The van der Waals surface area contributed by atoms with Gasteiger partial charge in [-0.15, -0.1) is 0 Å². The minimum absolute atomic E-state index is 0.0819. The fourth-order valence-corrected chi connectivity index (χ4v) is 3.59. The summed E-state index contributed by atoms with van der Waals surface area (Å²) < 4.78 is 0. The van der Waals surface area contributed by atoms with Gasteiger partial charge in [0.15, 0.2) is 0 Å². The van der Waals surface area contributed by atoms with Gasteiger partial charge in [0.1, 0.15) is 11.1 Å². The Bertz CT molecular complexity index is 1590. The monoisotopic (exact) mass is 525 g/mol. The lowest BCUT2D eigenvalue weighted by Crippen LogP contribution is -2.15. The molecular weight excluding hydrogens is 506 g/mol. The lowest BCUT2D eigenvalue weighted by Gasteiger charge is -2.09. The second-order valence-corrected chi connectivity index (χ2v) is 8.07. The number of nitrogens with zero attached hydrogens (tertiary/aromatic N) is 2. The molecule has 0 aliphatic rings. The molecule has 3 amide bonds. The molecule has 0 saturated heterocycles. The van der Waals surface area contributed by atoms with Gasteiger partial charge in [-0.05, 0) is 60.7 Å². The highest BCUT2D eigenvalue weighted by molar-refractivity contribution is 6.09. The quantitative estimate of drug-likeness (QED) is 0.208. The highest BCUT2D eigenvalue weighted by Crippen LogP contribution is 2.22. The Hall–Kier alpha value is -5.91. The van der Waals surface area contributed by atoms with Crippen LogP contribution in [0.4, 0.5) is 28.4 Å². The van der Waals surface area contributed by atoms with Gasteiger partial charge in [-0.2, -0.15) is 0 Å². The predicted octanol–water partition coefficient (Wildman–Crippen LogP) is 5.26. The summed E-state index contributed by atoms with van der Waals surface area (Å²) in [6.45, 7) is 0. The van der Waals surface area contributed by atoms with E-state index in [2.05, 4.69) is 16.0 Å². The molecule has 0 spiro atoms. The number of nitro groups is 2. The fraction of sp³-hybridized carbons (Fsp3) is 0. The van der Waals surface area contributed by atoms with Crippen molar-refractivity contribution in [3.63, 3.8) is 0 Å². The SMILES string of the molecule is O=C(Nc1ccc(NC(=O)c2ccccc2[N+](=O)[O-])cc1)c1ccc(NC(=O)c2ccccc2[N+](=O)[O-])cc1. The maximum Gasteiger partial charge on any atom is 0.282 e. The van der Waals surface area contributed by atoms with E-state index < -0.39 is 27.6 Å². The van der Waals surface area contributed by atoms with Crippen molar-refractivity contribution in [2.45, 2.75) is 0 Å². The molecule has 12 nitrogen and oxygen atoms in total. The van der Waals surface area contributed by atoms with Crippen LogP contribution in [-0.2, 0) is 0 Å². The van der Waals surface area contributed by atoms with Gasteiger partial charge in [0, 0.05) is 34.8 Å². The molecule has 0 unspecified atom stereocenters. The van der Waals surface area contributed by atoms with Crippen molar-refractivity contribution >= 4 is 46.2 Å². The van der Waals surface area contributed by atoms with Crippen LogP contribution in [0.5, 0.6) is 0 Å². The molecule has 0 atom stereocenters. The van der Waals surface area contributed by atoms with E-state index >= 15 is 0 Å². The number of hydrogen-bond donors (Lipinski definition) is 3. The first-order valence-electron chi connectivity index (χ1n) is 11.3. The molecule has 0 aliphatic carbocycles. The first-order valence-corrected chi connectivity index (χ1v) is 11.3. The number of nitrogens with one attached hydrogen (secondary N) is 3. The summed E-state index contributed by atoms with van der Waals surface area (Å²) in [5, 5.41) is 30.1. The smallest absolute Gasteiger partial charge is 0.282 e. The van der Waals surface area contributed by atoms with E-state index in [1.165, 1.54) is 84.9 Å². The number of carbonyl (C=O) groups is 3. The lowest BCUT2D eigenvalue weighted by molar-refractivity contribution is -0.385. The maximum atomic E-state index is 12.6. The van der Waals surface area contributed by atoms with Crippen molar-refractivity contribution in [3.05, 3.63) is 134 Å². The van der Waals surface area contributed by atoms with E-state index in [1.807, 2.05) is 0 Å². The third-order valence-electron chi connectivity index (χ3n) is 5.50. The molecule has 0 saturated carbocycles. The van der Waals surface area contributed by atoms with Crippen LogP contribution in [0.1, 0.15) is 31.1 Å². The summed E-state index contributed by atoms with van der Waals surface area (Å²) >= 11 is 0. The van der Waals surface area contributed by atoms with Crippen LogP contribution in [0.2, 0.25) is 0 Å². The lowest BCUT2D eigenvalue weighted by atomic mass is 10.1. The number of anilines is 3. The molecular formula is C27H19N5O7. The number of benzene rings is 4. The Balaban J connectivity index is 1.36. The molecule has 0 aliphatic heterocycles. The van der Waals surface area contributed by atoms with Gasteiger partial charge >= 0.3 is 0 Å². The van der Waals surface area contributed by atoms with Crippen LogP contribution in [0.3, 0.4) is 0 Å². The minimum atomic E-state index is -0.659. The van der Waals surface area contributed by atoms with Gasteiger partial charge in [0.2, 0.25) is 0 Å². The molecule has 12 heteroatoms. The number of amides is 3. The Morgan fingerprint density at radius 1 is 0.487 bits per heavy atom. The zero-order valence-corrected chi connectivity index (χ0v) is 20.0. The summed E-state index contributed by atoms with van der Waals surface area (Å²) in [5.74, 6) is -1.75. The van der Waals surface area contributed by atoms with E-state index in [-0.39, 0.29) is 28.1 Å². The number of para-hydroxylation sites is 2. The van der Waals surface area contributed by atoms with Crippen LogP contribution in [0, 0.1) is 20.2 Å². The summed E-state index contributed by atoms with van der Waals surface area (Å²) in [6, 6.07) is 23.2. The number of carbonyl (C=O) groups excluding carboxylic acids is 3. The summed E-state index contributed by atoms with van der Waals surface area (Å²) in [5.41, 5.74) is 0.615. The van der Waals surface area contributed by atoms with Crippen LogP contribution in [0.15, 0.2) is 97.1 Å². The Labute approximate surface area is 220 Å². The number of rotatable bonds is 8. The fourth-order valence-electron chi connectivity index (χ4n) is 3.59. The third kappa shape index (κ3) is 6.27. The van der Waals surface area contributed by atoms with E-state index in [9.17, 15) is 34.6 Å². The average Bonchev–Trinajstić information content (AvgIpc) is 2.94. The molecule has 0 fully saturated rings. The standard InChI is InChI=1S/C27H19N5O7/c33-25(17-9-11-18(12-10-17)29-26(34)21-5-1-3-7-23(21)31(36)37)28-19-13-15-20(16-14-19)30-27(35)22-6-2-4-8-24(22)32(38)39/h1-16H,(H,28,33)(H,29,34)(H,30,35). The maximum absolute atomic E-state index is 12.6. The molecule has 0 heterocycles. The highest BCUT2D eigenvalue weighted by Gasteiger charge is 2.20. The minimum Gasteiger partial charge on any atom is -0.322 e. The van der Waals surface area contributed by atoms with E-state index in [1.54, 1.807) is 12.1 Å². The Morgan fingerprint density at radius 2 is 0.821 bits per heavy atom. The van der Waals surface area contributed by atoms with Crippen LogP contribution in [-0.4, -0.2) is 27.6 Å². The van der Waals surface area contributed by atoms with Gasteiger partial charge in [0.05, 0.1) is 9.85 Å². The Kier molecular flexibility index (Phi) is 7.67. The molecule has 4 aromatic rings. The molecule has 0 aromatic heterocycles. The summed E-state index contributed by atoms with van der Waals surface area (Å²) in [7, 11) is 0. The highest BCUT2D eigenvalue weighted by atomic mass is 16.6. The van der Waals surface area contributed by atoms with Crippen LogP contribution >= 0.6 is 0 Å². The molecule has 0 bridgehead atoms. The zero-order chi connectivity index (χ0) is 27.9. The average molecular weight is 525 g/mol. The molecule has 194 valence electrons. The topological polar surface area (TPSA) is 174 Å². The second-order valence-electron chi connectivity index (χ2n) is 8.07. The van der Waals surface area contributed by atoms with E-state index in [0.717, 1.165) is 0 Å². The summed E-state index contributed by atoms with van der Waals surface area (Å²) in [4.78, 5) is 58.6. The van der Waals surface area contributed by atoms with Gasteiger partial charge in [-0.3, -0.25) is 34.6 Å². The predicted molar refractivity (Wildman–Crippen MR) is 143 cm³/mol. The summed E-state index contributed by atoms with van der Waals surface area (Å²) in [6.07, 6.45) is 0. The van der Waals surface area contributed by atoms with Crippen molar-refractivity contribution in [1.82, 2.24) is 0 Å². The van der Waals surface area contributed by atoms with Crippen molar-refractivity contribution in [3.8, 4) is 0 Å².